The molecule has 0 bridgehead atoms. The van der Waals surface area contributed by atoms with Crippen molar-refractivity contribution in [1.29, 1.82) is 0 Å². The zero-order valence-electron chi connectivity index (χ0n) is 7.64. The van der Waals surface area contributed by atoms with Gasteiger partial charge in [-0.2, -0.15) is 0 Å². The van der Waals surface area contributed by atoms with Crippen LogP contribution in [0.15, 0.2) is 12.4 Å². The Hall–Kier alpha value is -1.03. The van der Waals surface area contributed by atoms with Crippen LogP contribution in [-0.4, -0.2) is 10.5 Å². The summed E-state index contributed by atoms with van der Waals surface area (Å²) in [6.45, 7) is 3.43. The van der Waals surface area contributed by atoms with Crippen molar-refractivity contribution in [3.63, 3.8) is 0 Å². The van der Waals surface area contributed by atoms with Gasteiger partial charge in [-0.15, -0.1) is 0 Å². The SMILES string of the molecule is CC(C)(N)Cc1c(F)cncc1F. The van der Waals surface area contributed by atoms with E-state index in [9.17, 15) is 8.78 Å². The van der Waals surface area contributed by atoms with Gasteiger partial charge in [0.25, 0.3) is 0 Å². The lowest BCUT2D eigenvalue weighted by molar-refractivity contribution is 0.469. The Bertz CT molecular complexity index is 285. The van der Waals surface area contributed by atoms with Crippen LogP contribution in [0.5, 0.6) is 0 Å². The van der Waals surface area contributed by atoms with E-state index in [0.717, 1.165) is 12.4 Å². The third-order valence-electron chi connectivity index (χ3n) is 1.58. The second-order valence-corrected chi connectivity index (χ2v) is 3.75. The maximum atomic E-state index is 13.0. The normalized spacial score (nSPS) is 11.8. The van der Waals surface area contributed by atoms with Crippen molar-refractivity contribution in [2.45, 2.75) is 25.8 Å². The van der Waals surface area contributed by atoms with Gasteiger partial charge in [-0.3, -0.25) is 4.98 Å². The second-order valence-electron chi connectivity index (χ2n) is 3.75. The molecule has 0 aromatic carbocycles. The van der Waals surface area contributed by atoms with Crippen LogP contribution in [0.3, 0.4) is 0 Å². The van der Waals surface area contributed by atoms with Crippen LogP contribution in [0.4, 0.5) is 8.78 Å². The quantitative estimate of drug-likeness (QED) is 0.762. The predicted molar refractivity (Wildman–Crippen MR) is 46.1 cm³/mol. The molecule has 2 nitrogen and oxygen atoms in total. The predicted octanol–water partition coefficient (Wildman–Crippen LogP) is 1.64. The molecule has 0 radical (unpaired) electrons. The number of rotatable bonds is 2. The summed E-state index contributed by atoms with van der Waals surface area (Å²) < 4.78 is 26.0. The molecule has 0 fully saturated rings. The molecule has 0 aliphatic rings. The molecule has 13 heavy (non-hydrogen) atoms. The van der Waals surface area contributed by atoms with Crippen molar-refractivity contribution in [2.75, 3.05) is 0 Å². The highest BCUT2D eigenvalue weighted by Gasteiger charge is 2.18. The van der Waals surface area contributed by atoms with E-state index in [4.69, 9.17) is 5.73 Å². The van der Waals surface area contributed by atoms with Crippen molar-refractivity contribution < 1.29 is 8.78 Å². The number of aromatic nitrogens is 1. The lowest BCUT2D eigenvalue weighted by atomic mass is 9.96. The number of halogens is 2. The summed E-state index contributed by atoms with van der Waals surface area (Å²) in [5.41, 5.74) is 5.03. The van der Waals surface area contributed by atoms with Crippen LogP contribution in [0.1, 0.15) is 19.4 Å². The molecule has 0 amide bonds. The molecule has 0 saturated carbocycles. The summed E-state index contributed by atoms with van der Waals surface area (Å²) >= 11 is 0. The molecule has 0 aliphatic carbocycles. The van der Waals surface area contributed by atoms with E-state index >= 15 is 0 Å². The van der Waals surface area contributed by atoms with E-state index in [-0.39, 0.29) is 12.0 Å². The van der Waals surface area contributed by atoms with Gasteiger partial charge in [0.15, 0.2) is 0 Å². The maximum Gasteiger partial charge on any atom is 0.147 e. The molecule has 0 aliphatic heterocycles. The molecular weight excluding hydrogens is 174 g/mol. The molecule has 0 atom stereocenters. The monoisotopic (exact) mass is 186 g/mol. The first kappa shape index (κ1) is 10.1. The minimum Gasteiger partial charge on any atom is -0.325 e. The summed E-state index contributed by atoms with van der Waals surface area (Å²) in [7, 11) is 0. The Morgan fingerprint density at radius 2 is 1.77 bits per heavy atom. The van der Waals surface area contributed by atoms with Crippen LogP contribution in [-0.2, 0) is 6.42 Å². The van der Waals surface area contributed by atoms with Crippen LogP contribution in [0.2, 0.25) is 0 Å². The summed E-state index contributed by atoms with van der Waals surface area (Å²) in [5.74, 6) is -1.28. The standard InChI is InChI=1S/C9H12F2N2/c1-9(2,12)3-6-7(10)4-13-5-8(6)11/h4-5H,3,12H2,1-2H3. The van der Waals surface area contributed by atoms with Gasteiger partial charge in [0.1, 0.15) is 11.6 Å². The minimum atomic E-state index is -0.640. The Balaban J connectivity index is 3.00. The van der Waals surface area contributed by atoms with Crippen LogP contribution >= 0.6 is 0 Å². The fraction of sp³-hybridized carbons (Fsp3) is 0.444. The van der Waals surface area contributed by atoms with E-state index in [2.05, 4.69) is 4.98 Å². The summed E-state index contributed by atoms with van der Waals surface area (Å²) in [4.78, 5) is 3.38. The average molecular weight is 186 g/mol. The molecule has 1 aromatic rings. The van der Waals surface area contributed by atoms with Gasteiger partial charge in [-0.05, 0) is 20.3 Å². The van der Waals surface area contributed by atoms with Gasteiger partial charge in [0.05, 0.1) is 12.4 Å². The zero-order chi connectivity index (χ0) is 10.1. The molecule has 0 saturated heterocycles. The Morgan fingerprint density at radius 3 is 2.15 bits per heavy atom. The topological polar surface area (TPSA) is 38.9 Å². The second kappa shape index (κ2) is 3.38. The number of nitrogens with two attached hydrogens (primary N) is 1. The molecular formula is C9H12F2N2. The van der Waals surface area contributed by atoms with E-state index in [1.165, 1.54) is 0 Å². The number of pyridine rings is 1. The van der Waals surface area contributed by atoms with Crippen LogP contribution < -0.4 is 5.73 Å². The van der Waals surface area contributed by atoms with Crippen molar-refractivity contribution >= 4 is 0 Å². The lowest BCUT2D eigenvalue weighted by Gasteiger charge is -2.18. The first-order valence-electron chi connectivity index (χ1n) is 3.97. The third-order valence-corrected chi connectivity index (χ3v) is 1.58. The molecule has 1 heterocycles. The van der Waals surface area contributed by atoms with Gasteiger partial charge in [-0.1, -0.05) is 0 Å². The van der Waals surface area contributed by atoms with E-state index in [1.807, 2.05) is 0 Å². The highest BCUT2D eigenvalue weighted by molar-refractivity contribution is 5.17. The zero-order valence-corrected chi connectivity index (χ0v) is 7.64. The van der Waals surface area contributed by atoms with E-state index < -0.39 is 17.2 Å². The van der Waals surface area contributed by atoms with Crippen molar-refractivity contribution in [3.8, 4) is 0 Å². The number of nitrogens with zero attached hydrogens (tertiary/aromatic N) is 1. The molecule has 1 aromatic heterocycles. The molecule has 4 heteroatoms. The summed E-state index contributed by atoms with van der Waals surface area (Å²) in [6.07, 6.45) is 2.14. The van der Waals surface area contributed by atoms with Crippen LogP contribution in [0.25, 0.3) is 0 Å². The average Bonchev–Trinajstić information content (AvgIpc) is 1.95. The number of hydrogen-bond donors (Lipinski definition) is 1. The highest BCUT2D eigenvalue weighted by atomic mass is 19.1. The third kappa shape index (κ3) is 2.73. The lowest BCUT2D eigenvalue weighted by Crippen LogP contribution is -2.35. The van der Waals surface area contributed by atoms with E-state index in [1.54, 1.807) is 13.8 Å². The maximum absolute atomic E-state index is 13.0. The first-order chi connectivity index (χ1) is 5.90. The molecule has 72 valence electrons. The fourth-order valence-corrected chi connectivity index (χ4v) is 1.06. The molecule has 1 rings (SSSR count). The molecule has 2 N–H and O–H groups in total. The largest absolute Gasteiger partial charge is 0.325 e. The Kier molecular flexibility index (Phi) is 2.61. The Morgan fingerprint density at radius 1 is 1.31 bits per heavy atom. The smallest absolute Gasteiger partial charge is 0.147 e. The van der Waals surface area contributed by atoms with Gasteiger partial charge in [-0.25, -0.2) is 8.78 Å². The highest BCUT2D eigenvalue weighted by Crippen LogP contribution is 2.16. The summed E-state index contributed by atoms with van der Waals surface area (Å²) in [5, 5.41) is 0. The fourth-order valence-electron chi connectivity index (χ4n) is 1.06. The van der Waals surface area contributed by atoms with Crippen LogP contribution in [0, 0.1) is 11.6 Å². The van der Waals surface area contributed by atoms with Gasteiger partial charge >= 0.3 is 0 Å². The van der Waals surface area contributed by atoms with Gasteiger partial charge in [0.2, 0.25) is 0 Å². The van der Waals surface area contributed by atoms with E-state index in [0.29, 0.717) is 0 Å². The van der Waals surface area contributed by atoms with Crippen molar-refractivity contribution in [1.82, 2.24) is 4.98 Å². The molecule has 0 unspecified atom stereocenters. The van der Waals surface area contributed by atoms with Crippen molar-refractivity contribution in [2.24, 2.45) is 5.73 Å². The Labute approximate surface area is 75.8 Å². The minimum absolute atomic E-state index is 0.00231. The van der Waals surface area contributed by atoms with Gasteiger partial charge in [0, 0.05) is 11.1 Å². The van der Waals surface area contributed by atoms with Gasteiger partial charge < -0.3 is 5.73 Å². The number of hydrogen-bond acceptors (Lipinski definition) is 2. The summed E-state index contributed by atoms with van der Waals surface area (Å²) in [6, 6.07) is 0. The first-order valence-corrected chi connectivity index (χ1v) is 3.97. The molecule has 0 spiro atoms. The van der Waals surface area contributed by atoms with Crippen molar-refractivity contribution in [3.05, 3.63) is 29.6 Å².